The van der Waals surface area contributed by atoms with Crippen molar-refractivity contribution in [2.24, 2.45) is 13.0 Å². The van der Waals surface area contributed by atoms with Crippen molar-refractivity contribution in [1.29, 1.82) is 0 Å². The molecule has 1 atom stereocenters. The molecule has 21 heavy (non-hydrogen) atoms. The highest BCUT2D eigenvalue weighted by atomic mass is 79.9. The molecular formula is C14H21BrN4O2. The highest BCUT2D eigenvalue weighted by Gasteiger charge is 2.18. The third-order valence-electron chi connectivity index (χ3n) is 3.94. The van der Waals surface area contributed by atoms with E-state index in [2.05, 4.69) is 39.7 Å². The molecule has 0 fully saturated rings. The molecule has 0 saturated carbocycles. The standard InChI is InChI=1S/C14H21BrN4O2/c1-4-6-7-9(5-2)8-19-10-11(16-13(19)15)18(3)14(21)17-12(10)20/h9H,4-8H2,1-3H3,(H,17,20,21)/t9-/m0/s1. The molecule has 0 spiro atoms. The van der Waals surface area contributed by atoms with Gasteiger partial charge in [-0.3, -0.25) is 14.3 Å². The molecule has 2 rings (SSSR count). The predicted octanol–water partition coefficient (Wildman–Crippen LogP) is 2.40. The Kier molecular flexibility index (Phi) is 5.03. The number of halogens is 1. The number of fused-ring (bicyclic) bond motifs is 1. The van der Waals surface area contributed by atoms with Gasteiger partial charge >= 0.3 is 5.69 Å². The second kappa shape index (κ2) is 6.60. The van der Waals surface area contributed by atoms with Crippen LogP contribution < -0.4 is 11.2 Å². The van der Waals surface area contributed by atoms with Gasteiger partial charge in [0.05, 0.1) is 0 Å². The lowest BCUT2D eigenvalue weighted by Crippen LogP contribution is -2.29. The van der Waals surface area contributed by atoms with Crippen molar-refractivity contribution in [2.45, 2.75) is 46.1 Å². The SMILES string of the molecule is CCCC[C@H](CC)Cn1c(Br)nc2c1c(=O)[nH]c(=O)n2C. The smallest absolute Gasteiger partial charge is 0.312 e. The summed E-state index contributed by atoms with van der Waals surface area (Å²) in [6.45, 7) is 5.07. The first-order valence-electron chi connectivity index (χ1n) is 7.34. The first-order chi connectivity index (χ1) is 9.99. The lowest BCUT2D eigenvalue weighted by molar-refractivity contribution is 0.392. The minimum atomic E-state index is -0.442. The highest BCUT2D eigenvalue weighted by Crippen LogP contribution is 2.21. The molecule has 0 aliphatic carbocycles. The van der Waals surface area contributed by atoms with Crippen molar-refractivity contribution in [1.82, 2.24) is 19.1 Å². The Morgan fingerprint density at radius 3 is 2.67 bits per heavy atom. The van der Waals surface area contributed by atoms with Crippen LogP contribution in [-0.4, -0.2) is 19.1 Å². The Balaban J connectivity index is 2.49. The van der Waals surface area contributed by atoms with E-state index in [-0.39, 0.29) is 5.56 Å². The number of imidazole rings is 1. The molecule has 2 heterocycles. The summed E-state index contributed by atoms with van der Waals surface area (Å²) in [7, 11) is 1.61. The van der Waals surface area contributed by atoms with Gasteiger partial charge in [-0.05, 0) is 28.3 Å². The third-order valence-corrected chi connectivity index (χ3v) is 4.55. The number of aromatic nitrogens is 4. The average Bonchev–Trinajstić information content (AvgIpc) is 2.78. The zero-order valence-corrected chi connectivity index (χ0v) is 14.2. The quantitative estimate of drug-likeness (QED) is 0.807. The maximum absolute atomic E-state index is 12.1. The van der Waals surface area contributed by atoms with Gasteiger partial charge in [0.15, 0.2) is 15.9 Å². The molecule has 0 aromatic carbocycles. The Labute approximate surface area is 131 Å². The summed E-state index contributed by atoms with van der Waals surface area (Å²) >= 11 is 3.41. The fraction of sp³-hybridized carbons (Fsp3) is 0.643. The lowest BCUT2D eigenvalue weighted by atomic mass is 9.99. The van der Waals surface area contributed by atoms with E-state index in [0.29, 0.717) is 21.8 Å². The fourth-order valence-electron chi connectivity index (χ4n) is 2.55. The van der Waals surface area contributed by atoms with E-state index in [1.165, 1.54) is 11.0 Å². The van der Waals surface area contributed by atoms with Crippen LogP contribution in [0.2, 0.25) is 0 Å². The fourth-order valence-corrected chi connectivity index (χ4v) is 3.04. The van der Waals surface area contributed by atoms with Crippen LogP contribution in [0.1, 0.15) is 39.5 Å². The van der Waals surface area contributed by atoms with Gasteiger partial charge in [0.1, 0.15) is 0 Å². The second-order valence-corrected chi connectivity index (χ2v) is 6.11. The minimum absolute atomic E-state index is 0.378. The van der Waals surface area contributed by atoms with E-state index >= 15 is 0 Å². The van der Waals surface area contributed by atoms with Gasteiger partial charge in [-0.25, -0.2) is 9.78 Å². The number of nitrogens with zero attached hydrogens (tertiary/aromatic N) is 3. The van der Waals surface area contributed by atoms with Crippen LogP contribution in [0.4, 0.5) is 0 Å². The summed E-state index contributed by atoms with van der Waals surface area (Å²) in [5.74, 6) is 0.496. The third kappa shape index (κ3) is 3.12. The molecule has 0 unspecified atom stereocenters. The van der Waals surface area contributed by atoms with Gasteiger partial charge in [-0.2, -0.15) is 0 Å². The van der Waals surface area contributed by atoms with Crippen LogP contribution >= 0.6 is 15.9 Å². The van der Waals surface area contributed by atoms with Crippen LogP contribution in [0.3, 0.4) is 0 Å². The van der Waals surface area contributed by atoms with Crippen molar-refractivity contribution in [3.63, 3.8) is 0 Å². The van der Waals surface area contributed by atoms with E-state index in [9.17, 15) is 9.59 Å². The lowest BCUT2D eigenvalue weighted by Gasteiger charge is -2.16. The molecular weight excluding hydrogens is 336 g/mol. The van der Waals surface area contributed by atoms with Crippen LogP contribution in [0.25, 0.3) is 11.2 Å². The molecule has 0 aliphatic heterocycles. The minimum Gasteiger partial charge on any atom is -0.312 e. The first kappa shape index (κ1) is 16.0. The van der Waals surface area contributed by atoms with E-state index < -0.39 is 5.69 Å². The van der Waals surface area contributed by atoms with E-state index in [4.69, 9.17) is 0 Å². The van der Waals surface area contributed by atoms with Crippen LogP contribution in [-0.2, 0) is 13.6 Å². The predicted molar refractivity (Wildman–Crippen MR) is 86.6 cm³/mol. The summed E-state index contributed by atoms with van der Waals surface area (Å²) in [6.07, 6.45) is 4.52. The Morgan fingerprint density at radius 2 is 2.05 bits per heavy atom. The second-order valence-electron chi connectivity index (χ2n) is 5.40. The van der Waals surface area contributed by atoms with Gasteiger partial charge < -0.3 is 4.57 Å². The number of hydrogen-bond acceptors (Lipinski definition) is 3. The Morgan fingerprint density at radius 1 is 1.33 bits per heavy atom. The van der Waals surface area contributed by atoms with E-state index in [0.717, 1.165) is 25.8 Å². The summed E-state index contributed by atoms with van der Waals surface area (Å²) in [4.78, 5) is 30.4. The Hall–Kier alpha value is -1.37. The highest BCUT2D eigenvalue weighted by molar-refractivity contribution is 9.10. The summed E-state index contributed by atoms with van der Waals surface area (Å²) < 4.78 is 3.83. The normalized spacial score (nSPS) is 13.0. The van der Waals surface area contributed by atoms with Gasteiger partial charge in [0.25, 0.3) is 5.56 Å². The maximum Gasteiger partial charge on any atom is 0.329 e. The molecule has 7 heteroatoms. The average molecular weight is 357 g/mol. The number of unbranched alkanes of at least 4 members (excludes halogenated alkanes) is 1. The number of rotatable bonds is 6. The molecule has 0 aliphatic rings. The van der Waals surface area contributed by atoms with Crippen LogP contribution in [0, 0.1) is 5.92 Å². The Bertz CT molecular complexity index is 744. The van der Waals surface area contributed by atoms with Crippen molar-refractivity contribution < 1.29 is 0 Å². The summed E-state index contributed by atoms with van der Waals surface area (Å²) in [6, 6.07) is 0. The van der Waals surface area contributed by atoms with Crippen molar-refractivity contribution in [2.75, 3.05) is 0 Å². The van der Waals surface area contributed by atoms with Crippen molar-refractivity contribution >= 4 is 27.1 Å². The largest absolute Gasteiger partial charge is 0.329 e. The van der Waals surface area contributed by atoms with Gasteiger partial charge in [0.2, 0.25) is 0 Å². The summed E-state index contributed by atoms with van der Waals surface area (Å²) in [5.41, 5.74) is 0.0548. The van der Waals surface area contributed by atoms with E-state index in [1.54, 1.807) is 7.05 Å². The van der Waals surface area contributed by atoms with E-state index in [1.807, 2.05) is 4.57 Å². The monoisotopic (exact) mass is 356 g/mol. The summed E-state index contributed by atoms with van der Waals surface area (Å²) in [5, 5.41) is 0. The number of hydrogen-bond donors (Lipinski definition) is 1. The molecule has 0 bridgehead atoms. The van der Waals surface area contributed by atoms with Gasteiger partial charge in [-0.1, -0.05) is 33.1 Å². The number of nitrogens with one attached hydrogen (secondary N) is 1. The molecule has 2 aromatic rings. The number of aryl methyl sites for hydroxylation is 1. The molecule has 116 valence electrons. The first-order valence-corrected chi connectivity index (χ1v) is 8.13. The molecule has 0 radical (unpaired) electrons. The van der Waals surface area contributed by atoms with Crippen molar-refractivity contribution in [3.8, 4) is 0 Å². The zero-order valence-electron chi connectivity index (χ0n) is 12.6. The van der Waals surface area contributed by atoms with Gasteiger partial charge in [-0.15, -0.1) is 0 Å². The van der Waals surface area contributed by atoms with Crippen LogP contribution in [0.15, 0.2) is 14.3 Å². The van der Waals surface area contributed by atoms with Gasteiger partial charge in [0, 0.05) is 13.6 Å². The molecule has 0 amide bonds. The topological polar surface area (TPSA) is 72.7 Å². The molecule has 0 saturated heterocycles. The van der Waals surface area contributed by atoms with Crippen molar-refractivity contribution in [3.05, 3.63) is 25.6 Å². The molecule has 1 N–H and O–H groups in total. The maximum atomic E-state index is 12.1. The zero-order chi connectivity index (χ0) is 15.6. The number of aromatic amines is 1. The molecule has 2 aromatic heterocycles. The molecule has 6 nitrogen and oxygen atoms in total. The number of H-pyrrole nitrogens is 1. The van der Waals surface area contributed by atoms with Crippen LogP contribution in [0.5, 0.6) is 0 Å².